The van der Waals surface area contributed by atoms with E-state index in [4.69, 9.17) is 4.74 Å². The molecule has 0 saturated carbocycles. The fourth-order valence-corrected chi connectivity index (χ4v) is 7.42. The minimum atomic E-state index is -3.76. The van der Waals surface area contributed by atoms with Gasteiger partial charge >= 0.3 is 5.97 Å². The van der Waals surface area contributed by atoms with Crippen molar-refractivity contribution >= 4 is 42.7 Å². The van der Waals surface area contributed by atoms with E-state index in [-0.39, 0.29) is 41.5 Å². The van der Waals surface area contributed by atoms with Gasteiger partial charge < -0.3 is 9.64 Å². The van der Waals surface area contributed by atoms with Gasteiger partial charge in [0.25, 0.3) is 5.91 Å². The number of rotatable bonds is 9. The Morgan fingerprint density at radius 2 is 1.46 bits per heavy atom. The molecular formula is C27H31N3O7S2. The van der Waals surface area contributed by atoms with Gasteiger partial charge in [0.15, 0.2) is 6.61 Å². The van der Waals surface area contributed by atoms with Gasteiger partial charge in [-0.3, -0.25) is 4.79 Å². The molecule has 1 aliphatic heterocycles. The van der Waals surface area contributed by atoms with Crippen LogP contribution >= 0.6 is 0 Å². The number of amides is 1. The van der Waals surface area contributed by atoms with Crippen molar-refractivity contribution < 1.29 is 31.2 Å². The summed E-state index contributed by atoms with van der Waals surface area (Å²) in [6.45, 7) is 4.02. The highest BCUT2D eigenvalue weighted by molar-refractivity contribution is 7.89. The van der Waals surface area contributed by atoms with Crippen molar-refractivity contribution in [3.8, 4) is 0 Å². The van der Waals surface area contributed by atoms with Crippen molar-refractivity contribution in [2.24, 2.45) is 0 Å². The lowest BCUT2D eigenvalue weighted by molar-refractivity contribution is -0.135. The van der Waals surface area contributed by atoms with E-state index in [1.807, 2.05) is 24.3 Å². The zero-order valence-corrected chi connectivity index (χ0v) is 23.4. The minimum absolute atomic E-state index is 0.0160. The second-order valence-electron chi connectivity index (χ2n) is 8.99. The molecule has 3 aromatic rings. The monoisotopic (exact) mass is 573 g/mol. The number of sulfonamides is 2. The molecule has 1 fully saturated rings. The van der Waals surface area contributed by atoms with Gasteiger partial charge in [-0.2, -0.15) is 8.61 Å². The number of carbonyl (C=O) groups excluding carboxylic acids is 2. The number of ether oxygens (including phenoxy) is 1. The van der Waals surface area contributed by atoms with Gasteiger partial charge in [0.05, 0.1) is 15.4 Å². The molecule has 1 heterocycles. The van der Waals surface area contributed by atoms with E-state index in [0.29, 0.717) is 13.1 Å². The molecule has 0 spiro atoms. The predicted octanol–water partition coefficient (Wildman–Crippen LogP) is 2.56. The van der Waals surface area contributed by atoms with E-state index in [1.54, 1.807) is 32.0 Å². The summed E-state index contributed by atoms with van der Waals surface area (Å²) in [7, 11) is -7.49. The lowest BCUT2D eigenvalue weighted by Gasteiger charge is -2.33. The highest BCUT2D eigenvalue weighted by atomic mass is 32.2. The van der Waals surface area contributed by atoms with E-state index < -0.39 is 38.5 Å². The second-order valence-corrected chi connectivity index (χ2v) is 12.9. The van der Waals surface area contributed by atoms with Crippen LogP contribution in [0.15, 0.2) is 76.5 Å². The smallest absolute Gasteiger partial charge is 0.338 e. The van der Waals surface area contributed by atoms with Crippen LogP contribution in [0.25, 0.3) is 10.8 Å². The van der Waals surface area contributed by atoms with Gasteiger partial charge in [-0.15, -0.1) is 0 Å². The maximum absolute atomic E-state index is 13.2. The van der Waals surface area contributed by atoms with Crippen LogP contribution in [0.3, 0.4) is 0 Å². The molecule has 1 amide bonds. The Morgan fingerprint density at radius 1 is 0.795 bits per heavy atom. The molecule has 4 rings (SSSR count). The molecule has 0 aromatic heterocycles. The molecule has 0 aliphatic carbocycles. The van der Waals surface area contributed by atoms with Crippen molar-refractivity contribution in [2.45, 2.75) is 23.6 Å². The third-order valence-electron chi connectivity index (χ3n) is 6.69. The molecule has 0 bridgehead atoms. The molecule has 39 heavy (non-hydrogen) atoms. The van der Waals surface area contributed by atoms with Crippen molar-refractivity contribution in [1.82, 2.24) is 13.5 Å². The minimum Gasteiger partial charge on any atom is -0.452 e. The predicted molar refractivity (Wildman–Crippen MR) is 146 cm³/mol. The first-order chi connectivity index (χ1) is 18.6. The van der Waals surface area contributed by atoms with Gasteiger partial charge in [0.2, 0.25) is 20.0 Å². The second kappa shape index (κ2) is 11.8. The number of hydrogen-bond acceptors (Lipinski definition) is 7. The molecule has 0 unspecified atom stereocenters. The van der Waals surface area contributed by atoms with Crippen LogP contribution in [0.5, 0.6) is 0 Å². The van der Waals surface area contributed by atoms with E-state index in [0.717, 1.165) is 10.8 Å². The molecule has 0 radical (unpaired) electrons. The number of carbonyl (C=O) groups is 2. The van der Waals surface area contributed by atoms with Gasteiger partial charge in [-0.05, 0) is 41.1 Å². The normalized spacial score (nSPS) is 15.0. The average molecular weight is 574 g/mol. The molecule has 1 aliphatic rings. The number of esters is 1. The molecular weight excluding hydrogens is 542 g/mol. The third kappa shape index (κ3) is 6.14. The Bertz CT molecular complexity index is 1580. The largest absolute Gasteiger partial charge is 0.452 e. The van der Waals surface area contributed by atoms with Gasteiger partial charge in [-0.25, -0.2) is 21.6 Å². The maximum Gasteiger partial charge on any atom is 0.338 e. The molecule has 208 valence electrons. The lowest BCUT2D eigenvalue weighted by Crippen LogP contribution is -2.51. The zero-order valence-electron chi connectivity index (χ0n) is 21.8. The van der Waals surface area contributed by atoms with Crippen LogP contribution in [-0.4, -0.2) is 88.1 Å². The Morgan fingerprint density at radius 3 is 2.13 bits per heavy atom. The van der Waals surface area contributed by atoms with Crippen LogP contribution in [-0.2, 0) is 29.6 Å². The fraction of sp³-hybridized carbons (Fsp3) is 0.333. The first-order valence-electron chi connectivity index (χ1n) is 12.6. The SMILES string of the molecule is CCN(CC)S(=O)(=O)c1cccc(C(=O)OCC(=O)N2CCN(S(=O)(=O)c3ccc4ccccc4c3)CC2)c1. The quantitative estimate of drug-likeness (QED) is 0.361. The van der Waals surface area contributed by atoms with Gasteiger partial charge in [0.1, 0.15) is 0 Å². The summed E-state index contributed by atoms with van der Waals surface area (Å²) in [5.41, 5.74) is 0.0160. The highest BCUT2D eigenvalue weighted by Gasteiger charge is 2.31. The molecule has 0 N–H and O–H groups in total. The lowest BCUT2D eigenvalue weighted by atomic mass is 10.1. The zero-order chi connectivity index (χ0) is 28.2. The van der Waals surface area contributed by atoms with Crippen LogP contribution in [0, 0.1) is 0 Å². The van der Waals surface area contributed by atoms with E-state index in [2.05, 4.69) is 0 Å². The van der Waals surface area contributed by atoms with E-state index in [9.17, 15) is 26.4 Å². The first kappa shape index (κ1) is 28.7. The summed E-state index contributed by atoms with van der Waals surface area (Å²) < 4.78 is 59.6. The summed E-state index contributed by atoms with van der Waals surface area (Å²) in [5.74, 6) is -1.28. The molecule has 1 saturated heterocycles. The fourth-order valence-electron chi connectivity index (χ4n) is 4.45. The summed E-state index contributed by atoms with van der Waals surface area (Å²) in [4.78, 5) is 26.9. The van der Waals surface area contributed by atoms with Crippen LogP contribution in [0.4, 0.5) is 0 Å². The van der Waals surface area contributed by atoms with Crippen molar-refractivity contribution in [3.63, 3.8) is 0 Å². The Hall–Kier alpha value is -3.32. The summed E-state index contributed by atoms with van der Waals surface area (Å²) >= 11 is 0. The molecule has 10 nitrogen and oxygen atoms in total. The van der Waals surface area contributed by atoms with E-state index in [1.165, 1.54) is 37.8 Å². The average Bonchev–Trinajstić information content (AvgIpc) is 2.96. The summed E-state index contributed by atoms with van der Waals surface area (Å²) in [6.07, 6.45) is 0. The van der Waals surface area contributed by atoms with Crippen molar-refractivity contribution in [3.05, 3.63) is 72.3 Å². The van der Waals surface area contributed by atoms with Crippen LogP contribution in [0.1, 0.15) is 24.2 Å². The third-order valence-corrected chi connectivity index (χ3v) is 10.6. The topological polar surface area (TPSA) is 121 Å². The van der Waals surface area contributed by atoms with Crippen molar-refractivity contribution in [1.29, 1.82) is 0 Å². The highest BCUT2D eigenvalue weighted by Crippen LogP contribution is 2.23. The van der Waals surface area contributed by atoms with Gasteiger partial charge in [-0.1, -0.05) is 50.2 Å². The Kier molecular flexibility index (Phi) is 8.70. The van der Waals surface area contributed by atoms with Crippen molar-refractivity contribution in [2.75, 3.05) is 45.9 Å². The first-order valence-corrected chi connectivity index (χ1v) is 15.5. The number of hydrogen-bond donors (Lipinski definition) is 0. The van der Waals surface area contributed by atoms with E-state index >= 15 is 0 Å². The number of piperazine rings is 1. The summed E-state index contributed by atoms with van der Waals surface area (Å²) in [5, 5.41) is 1.77. The number of nitrogens with zero attached hydrogens (tertiary/aromatic N) is 3. The number of benzene rings is 3. The molecule has 12 heteroatoms. The standard InChI is InChI=1S/C27H31N3O7S2/c1-3-29(4-2)38(33,34)24-11-7-10-23(19-24)27(32)37-20-26(31)28-14-16-30(17-15-28)39(35,36)25-13-12-21-8-5-6-9-22(21)18-25/h5-13,18-19H,3-4,14-17,20H2,1-2H3. The Labute approximate surface area is 228 Å². The van der Waals surface area contributed by atoms with Crippen LogP contribution in [0.2, 0.25) is 0 Å². The molecule has 3 aromatic carbocycles. The molecule has 0 atom stereocenters. The van der Waals surface area contributed by atoms with Crippen LogP contribution < -0.4 is 0 Å². The van der Waals surface area contributed by atoms with Gasteiger partial charge in [0, 0.05) is 39.3 Å². The summed E-state index contributed by atoms with van der Waals surface area (Å²) in [6, 6.07) is 18.0. The maximum atomic E-state index is 13.2. The Balaban J connectivity index is 1.34. The number of fused-ring (bicyclic) bond motifs is 1.